The number of carbonyl (C=O) groups excluding carboxylic acids is 3. The molecule has 1 aliphatic heterocycles. The van der Waals surface area contributed by atoms with Crippen LogP contribution in [0.1, 0.15) is 20.3 Å². The molecule has 1 aliphatic rings. The van der Waals surface area contributed by atoms with Crippen LogP contribution in [0.15, 0.2) is 23.9 Å². The summed E-state index contributed by atoms with van der Waals surface area (Å²) in [5, 5.41) is 0. The molecule has 1 rings (SSSR count). The lowest BCUT2D eigenvalue weighted by Crippen LogP contribution is -2.39. The summed E-state index contributed by atoms with van der Waals surface area (Å²) in [6, 6.07) is -0.652. The maximum absolute atomic E-state index is 11.7. The highest BCUT2D eigenvalue weighted by Crippen LogP contribution is 2.19. The molecule has 21 heavy (non-hydrogen) atoms. The molecular formula is C14H19NO6. The van der Waals surface area contributed by atoms with Crippen LogP contribution in [-0.4, -0.2) is 49.3 Å². The van der Waals surface area contributed by atoms with Crippen molar-refractivity contribution in [2.24, 2.45) is 0 Å². The average molecular weight is 297 g/mol. The Morgan fingerprint density at radius 2 is 1.86 bits per heavy atom. The molecule has 0 radical (unpaired) electrons. The largest absolute Gasteiger partial charge is 0.466 e. The summed E-state index contributed by atoms with van der Waals surface area (Å²) in [6.07, 6.45) is 3.63. The summed E-state index contributed by atoms with van der Waals surface area (Å²) in [5.41, 5.74) is 0.284. The van der Waals surface area contributed by atoms with Crippen LogP contribution in [-0.2, 0) is 23.8 Å². The number of carbonyl (C=O) groups is 3. The minimum atomic E-state index is -0.652. The Labute approximate surface area is 123 Å². The van der Waals surface area contributed by atoms with E-state index in [-0.39, 0.29) is 25.2 Å². The van der Waals surface area contributed by atoms with Crippen molar-refractivity contribution in [1.82, 2.24) is 4.90 Å². The first-order valence-electron chi connectivity index (χ1n) is 6.62. The van der Waals surface area contributed by atoms with Crippen molar-refractivity contribution in [2.45, 2.75) is 26.3 Å². The Balaban J connectivity index is 2.91. The van der Waals surface area contributed by atoms with Crippen molar-refractivity contribution in [3.8, 4) is 0 Å². The van der Waals surface area contributed by atoms with Crippen molar-refractivity contribution >= 4 is 18.0 Å². The zero-order chi connectivity index (χ0) is 15.8. The Hall–Kier alpha value is -2.31. The Morgan fingerprint density at radius 3 is 2.43 bits per heavy atom. The van der Waals surface area contributed by atoms with Crippen molar-refractivity contribution in [3.63, 3.8) is 0 Å². The molecule has 7 heteroatoms. The molecule has 116 valence electrons. The first-order chi connectivity index (χ1) is 10.0. The lowest BCUT2D eigenvalue weighted by Gasteiger charge is -2.27. The maximum atomic E-state index is 11.7. The predicted octanol–water partition coefficient (Wildman–Crippen LogP) is 1.39. The third kappa shape index (κ3) is 4.62. The molecule has 0 saturated carbocycles. The number of ether oxygens (including phenoxy) is 3. The summed E-state index contributed by atoms with van der Waals surface area (Å²) in [6.45, 7) is 3.87. The van der Waals surface area contributed by atoms with E-state index in [0.29, 0.717) is 0 Å². The van der Waals surface area contributed by atoms with Gasteiger partial charge in [-0.2, -0.15) is 0 Å². The molecule has 0 aliphatic carbocycles. The molecule has 1 atom stereocenters. The number of esters is 2. The van der Waals surface area contributed by atoms with Gasteiger partial charge in [-0.3, -0.25) is 9.69 Å². The van der Waals surface area contributed by atoms with E-state index in [9.17, 15) is 14.4 Å². The van der Waals surface area contributed by atoms with Gasteiger partial charge in [-0.15, -0.1) is 0 Å². The fraction of sp³-hybridized carbons (Fsp3) is 0.500. The average Bonchev–Trinajstić information content (AvgIpc) is 2.46. The summed E-state index contributed by atoms with van der Waals surface area (Å²) in [4.78, 5) is 36.2. The van der Waals surface area contributed by atoms with Gasteiger partial charge in [0.05, 0.1) is 38.4 Å². The normalized spacial score (nSPS) is 17.0. The van der Waals surface area contributed by atoms with Crippen LogP contribution in [0.5, 0.6) is 0 Å². The predicted molar refractivity (Wildman–Crippen MR) is 73.1 cm³/mol. The van der Waals surface area contributed by atoms with Crippen molar-refractivity contribution in [1.29, 1.82) is 0 Å². The Morgan fingerprint density at radius 1 is 1.19 bits per heavy atom. The van der Waals surface area contributed by atoms with Crippen LogP contribution in [0.4, 0.5) is 4.79 Å². The molecule has 0 bridgehead atoms. The van der Waals surface area contributed by atoms with E-state index < -0.39 is 24.1 Å². The van der Waals surface area contributed by atoms with Gasteiger partial charge < -0.3 is 14.2 Å². The SMILES string of the molecule is CCOC(=O)CC1C=C(C(=O)OCC)C=CN1C(=O)OC. The number of rotatable bonds is 5. The van der Waals surface area contributed by atoms with E-state index in [1.54, 1.807) is 13.8 Å². The van der Waals surface area contributed by atoms with E-state index in [2.05, 4.69) is 4.74 Å². The molecule has 0 saturated heterocycles. The highest BCUT2D eigenvalue weighted by Gasteiger charge is 2.28. The standard InChI is InChI=1S/C14H19NO6/c1-4-20-12(16)9-11-8-10(13(17)21-5-2)6-7-15(11)14(18)19-3/h6-8,11H,4-5,9H2,1-3H3. The van der Waals surface area contributed by atoms with Crippen molar-refractivity contribution in [3.05, 3.63) is 23.9 Å². The second-order valence-electron chi connectivity index (χ2n) is 4.11. The zero-order valence-electron chi connectivity index (χ0n) is 12.3. The molecule has 0 spiro atoms. The lowest BCUT2D eigenvalue weighted by molar-refractivity contribution is -0.144. The van der Waals surface area contributed by atoms with Gasteiger partial charge in [-0.25, -0.2) is 9.59 Å². The number of hydrogen-bond acceptors (Lipinski definition) is 6. The molecule has 0 aromatic heterocycles. The fourth-order valence-corrected chi connectivity index (χ4v) is 1.81. The number of nitrogens with zero attached hydrogens (tertiary/aromatic N) is 1. The van der Waals surface area contributed by atoms with E-state index in [1.165, 1.54) is 30.4 Å². The van der Waals surface area contributed by atoms with Gasteiger partial charge in [0.2, 0.25) is 0 Å². The summed E-state index contributed by atoms with van der Waals surface area (Å²) in [7, 11) is 1.24. The van der Waals surface area contributed by atoms with Gasteiger partial charge in [-0.1, -0.05) is 0 Å². The van der Waals surface area contributed by atoms with Gasteiger partial charge in [0.25, 0.3) is 0 Å². The van der Waals surface area contributed by atoms with Crippen LogP contribution in [0.25, 0.3) is 0 Å². The van der Waals surface area contributed by atoms with E-state index >= 15 is 0 Å². The molecular weight excluding hydrogens is 278 g/mol. The van der Waals surface area contributed by atoms with Crippen molar-refractivity contribution in [2.75, 3.05) is 20.3 Å². The first kappa shape index (κ1) is 16.7. The molecule has 0 aromatic rings. The Kier molecular flexibility index (Phi) is 6.45. The third-order valence-corrected chi connectivity index (χ3v) is 2.72. The second kappa shape index (κ2) is 8.08. The monoisotopic (exact) mass is 297 g/mol. The van der Waals surface area contributed by atoms with Crippen LogP contribution in [0.3, 0.4) is 0 Å². The molecule has 7 nitrogen and oxygen atoms in total. The maximum Gasteiger partial charge on any atom is 0.414 e. The Bertz CT molecular complexity index is 468. The number of amides is 1. The number of methoxy groups -OCH3 is 1. The number of hydrogen-bond donors (Lipinski definition) is 0. The van der Waals surface area contributed by atoms with E-state index in [0.717, 1.165) is 0 Å². The smallest absolute Gasteiger partial charge is 0.414 e. The minimum Gasteiger partial charge on any atom is -0.466 e. The van der Waals surface area contributed by atoms with Gasteiger partial charge in [0.15, 0.2) is 0 Å². The highest BCUT2D eigenvalue weighted by molar-refractivity contribution is 5.92. The molecule has 0 aromatic carbocycles. The molecule has 1 heterocycles. The summed E-state index contributed by atoms with van der Waals surface area (Å²) < 4.78 is 14.4. The molecule has 1 amide bonds. The van der Waals surface area contributed by atoms with E-state index in [1.807, 2.05) is 0 Å². The fourth-order valence-electron chi connectivity index (χ4n) is 1.81. The van der Waals surface area contributed by atoms with Gasteiger partial charge in [0, 0.05) is 6.20 Å². The van der Waals surface area contributed by atoms with Crippen LogP contribution in [0.2, 0.25) is 0 Å². The second-order valence-corrected chi connectivity index (χ2v) is 4.11. The zero-order valence-corrected chi connectivity index (χ0v) is 12.3. The lowest BCUT2D eigenvalue weighted by atomic mass is 10.0. The highest BCUT2D eigenvalue weighted by atomic mass is 16.5. The third-order valence-electron chi connectivity index (χ3n) is 2.72. The van der Waals surface area contributed by atoms with Crippen LogP contribution in [0, 0.1) is 0 Å². The molecule has 0 N–H and O–H groups in total. The summed E-state index contributed by atoms with van der Waals surface area (Å²) >= 11 is 0. The molecule has 1 unspecified atom stereocenters. The first-order valence-corrected chi connectivity index (χ1v) is 6.62. The topological polar surface area (TPSA) is 82.1 Å². The van der Waals surface area contributed by atoms with Gasteiger partial charge in [-0.05, 0) is 26.0 Å². The van der Waals surface area contributed by atoms with Crippen molar-refractivity contribution < 1.29 is 28.6 Å². The molecule has 0 fully saturated rings. The quantitative estimate of drug-likeness (QED) is 0.563. The van der Waals surface area contributed by atoms with Crippen LogP contribution < -0.4 is 0 Å². The van der Waals surface area contributed by atoms with Gasteiger partial charge in [0.1, 0.15) is 0 Å². The van der Waals surface area contributed by atoms with E-state index in [4.69, 9.17) is 9.47 Å². The minimum absolute atomic E-state index is 0.0732. The summed E-state index contributed by atoms with van der Waals surface area (Å²) in [5.74, 6) is -0.974. The van der Waals surface area contributed by atoms with Crippen LogP contribution >= 0.6 is 0 Å². The van der Waals surface area contributed by atoms with Gasteiger partial charge >= 0.3 is 18.0 Å².